The summed E-state index contributed by atoms with van der Waals surface area (Å²) in [6.07, 6.45) is 4.00. The van der Waals surface area contributed by atoms with Gasteiger partial charge in [0.1, 0.15) is 5.82 Å². The Morgan fingerprint density at radius 1 is 0.933 bits per heavy atom. The fourth-order valence-corrected chi connectivity index (χ4v) is 3.72. The van der Waals surface area contributed by atoms with Gasteiger partial charge in [0.05, 0.1) is 0 Å². The van der Waals surface area contributed by atoms with Gasteiger partial charge in [0.2, 0.25) is 5.91 Å². The van der Waals surface area contributed by atoms with E-state index in [1.807, 2.05) is 23.1 Å². The first-order valence-electron chi connectivity index (χ1n) is 10.7. The summed E-state index contributed by atoms with van der Waals surface area (Å²) in [5.74, 6) is 0.205. The lowest BCUT2D eigenvalue weighted by atomic mass is 9.92. The number of carbonyl (C=O) groups excluding carboxylic acids is 2. The van der Waals surface area contributed by atoms with Crippen molar-refractivity contribution in [2.24, 2.45) is 5.92 Å². The maximum absolute atomic E-state index is 12.9. The zero-order valence-electron chi connectivity index (χ0n) is 17.3. The van der Waals surface area contributed by atoms with Crippen LogP contribution in [0.25, 0.3) is 0 Å². The Morgan fingerprint density at radius 2 is 1.63 bits per heavy atom. The van der Waals surface area contributed by atoms with Gasteiger partial charge >= 0.3 is 6.03 Å². The maximum atomic E-state index is 12.9. The number of nitrogens with zero attached hydrogens (tertiary/aromatic N) is 1. The number of urea groups is 1. The van der Waals surface area contributed by atoms with Crippen molar-refractivity contribution >= 4 is 11.9 Å². The second-order valence-corrected chi connectivity index (χ2v) is 7.84. The Balaban J connectivity index is 1.28. The summed E-state index contributed by atoms with van der Waals surface area (Å²) in [7, 11) is 0. The SMILES string of the molecule is O=C(CCC1CCN(C(=O)NCCc2ccccc2)CC1)NCc1ccc(F)cc1. The van der Waals surface area contributed by atoms with Crippen LogP contribution in [0.5, 0.6) is 0 Å². The third kappa shape index (κ3) is 7.17. The lowest BCUT2D eigenvalue weighted by molar-refractivity contribution is -0.121. The minimum atomic E-state index is -0.277. The molecule has 0 radical (unpaired) electrons. The average molecular weight is 412 g/mol. The molecule has 0 unspecified atom stereocenters. The molecule has 2 N–H and O–H groups in total. The molecule has 3 amide bonds. The van der Waals surface area contributed by atoms with Crippen molar-refractivity contribution in [1.29, 1.82) is 0 Å². The molecule has 6 heteroatoms. The van der Waals surface area contributed by atoms with Crippen molar-refractivity contribution in [3.8, 4) is 0 Å². The summed E-state index contributed by atoms with van der Waals surface area (Å²) in [6.45, 7) is 2.52. The summed E-state index contributed by atoms with van der Waals surface area (Å²) in [5.41, 5.74) is 2.10. The molecule has 0 atom stereocenters. The van der Waals surface area contributed by atoms with Crippen molar-refractivity contribution < 1.29 is 14.0 Å². The number of carbonyl (C=O) groups is 2. The van der Waals surface area contributed by atoms with Crippen LogP contribution in [0.1, 0.15) is 36.8 Å². The number of hydrogen-bond acceptors (Lipinski definition) is 2. The molecule has 0 aliphatic carbocycles. The topological polar surface area (TPSA) is 61.4 Å². The molecule has 30 heavy (non-hydrogen) atoms. The van der Waals surface area contributed by atoms with Crippen LogP contribution in [-0.2, 0) is 17.8 Å². The molecule has 0 bridgehead atoms. The van der Waals surface area contributed by atoms with Crippen LogP contribution in [0.4, 0.5) is 9.18 Å². The van der Waals surface area contributed by atoms with Crippen LogP contribution in [0.2, 0.25) is 0 Å². The first kappa shape index (κ1) is 21.8. The van der Waals surface area contributed by atoms with E-state index >= 15 is 0 Å². The summed E-state index contributed by atoms with van der Waals surface area (Å²) in [6, 6.07) is 16.3. The Hall–Kier alpha value is -2.89. The molecule has 0 spiro atoms. The third-order valence-electron chi connectivity index (χ3n) is 5.62. The minimum Gasteiger partial charge on any atom is -0.352 e. The van der Waals surface area contributed by atoms with E-state index in [2.05, 4.69) is 22.8 Å². The minimum absolute atomic E-state index is 0.00132. The van der Waals surface area contributed by atoms with Crippen molar-refractivity contribution in [3.63, 3.8) is 0 Å². The number of amides is 3. The number of nitrogens with one attached hydrogen (secondary N) is 2. The Labute approximate surface area is 177 Å². The molecule has 1 aliphatic heterocycles. The van der Waals surface area contributed by atoms with Crippen molar-refractivity contribution in [2.45, 2.75) is 38.6 Å². The first-order chi connectivity index (χ1) is 14.6. The molecule has 0 saturated carbocycles. The monoisotopic (exact) mass is 411 g/mol. The Bertz CT molecular complexity index is 803. The molecular formula is C24H30FN3O2. The number of piperidine rings is 1. The van der Waals surface area contributed by atoms with Gasteiger partial charge in [-0.1, -0.05) is 42.5 Å². The highest BCUT2D eigenvalue weighted by Gasteiger charge is 2.23. The van der Waals surface area contributed by atoms with Gasteiger partial charge < -0.3 is 15.5 Å². The quantitative estimate of drug-likeness (QED) is 0.692. The highest BCUT2D eigenvalue weighted by Crippen LogP contribution is 2.22. The van der Waals surface area contributed by atoms with E-state index in [1.54, 1.807) is 12.1 Å². The highest BCUT2D eigenvalue weighted by atomic mass is 19.1. The predicted octanol–water partition coefficient (Wildman–Crippen LogP) is 3.89. The molecule has 0 aromatic heterocycles. The molecule has 1 aliphatic rings. The number of halogens is 1. The molecular weight excluding hydrogens is 381 g/mol. The second kappa shape index (κ2) is 11.3. The van der Waals surface area contributed by atoms with Crippen molar-refractivity contribution in [2.75, 3.05) is 19.6 Å². The highest BCUT2D eigenvalue weighted by molar-refractivity contribution is 5.76. The van der Waals surface area contributed by atoms with Gasteiger partial charge in [-0.2, -0.15) is 0 Å². The van der Waals surface area contributed by atoms with Gasteiger partial charge in [0, 0.05) is 32.6 Å². The molecule has 160 valence electrons. The number of likely N-dealkylation sites (tertiary alicyclic amines) is 1. The van der Waals surface area contributed by atoms with Gasteiger partial charge in [-0.3, -0.25) is 4.79 Å². The zero-order valence-corrected chi connectivity index (χ0v) is 17.3. The zero-order chi connectivity index (χ0) is 21.2. The van der Waals surface area contributed by atoms with E-state index in [9.17, 15) is 14.0 Å². The first-order valence-corrected chi connectivity index (χ1v) is 10.7. The summed E-state index contributed by atoms with van der Waals surface area (Å²) < 4.78 is 12.9. The lowest BCUT2D eigenvalue weighted by Gasteiger charge is -2.32. The largest absolute Gasteiger partial charge is 0.352 e. The Kier molecular flexibility index (Phi) is 8.24. The van der Waals surface area contributed by atoms with Gasteiger partial charge in [-0.25, -0.2) is 9.18 Å². The molecule has 3 rings (SSSR count). The molecule has 1 heterocycles. The van der Waals surface area contributed by atoms with E-state index in [1.165, 1.54) is 17.7 Å². The second-order valence-electron chi connectivity index (χ2n) is 7.84. The van der Waals surface area contributed by atoms with Gasteiger partial charge in [0.25, 0.3) is 0 Å². The number of rotatable bonds is 8. The smallest absolute Gasteiger partial charge is 0.317 e. The molecule has 1 saturated heterocycles. The van der Waals surface area contributed by atoms with Crippen molar-refractivity contribution in [3.05, 3.63) is 71.5 Å². The fourth-order valence-electron chi connectivity index (χ4n) is 3.72. The number of hydrogen-bond donors (Lipinski definition) is 2. The van der Waals surface area contributed by atoms with Crippen LogP contribution in [-0.4, -0.2) is 36.5 Å². The van der Waals surface area contributed by atoms with Crippen LogP contribution in [0.3, 0.4) is 0 Å². The third-order valence-corrected chi connectivity index (χ3v) is 5.62. The van der Waals surface area contributed by atoms with Crippen LogP contribution >= 0.6 is 0 Å². The van der Waals surface area contributed by atoms with Gasteiger partial charge in [-0.05, 0) is 54.9 Å². The van der Waals surface area contributed by atoms with E-state index in [4.69, 9.17) is 0 Å². The Morgan fingerprint density at radius 3 is 2.33 bits per heavy atom. The average Bonchev–Trinajstić information content (AvgIpc) is 2.78. The van der Waals surface area contributed by atoms with Crippen LogP contribution in [0.15, 0.2) is 54.6 Å². The van der Waals surface area contributed by atoms with Gasteiger partial charge in [0.15, 0.2) is 0 Å². The van der Waals surface area contributed by atoms with E-state index in [0.29, 0.717) is 25.4 Å². The molecule has 1 fully saturated rings. The summed E-state index contributed by atoms with van der Waals surface area (Å²) in [4.78, 5) is 26.3. The van der Waals surface area contributed by atoms with Crippen LogP contribution < -0.4 is 10.6 Å². The van der Waals surface area contributed by atoms with Crippen LogP contribution in [0, 0.1) is 11.7 Å². The normalized spacial score (nSPS) is 14.4. The van der Waals surface area contributed by atoms with E-state index < -0.39 is 0 Å². The lowest BCUT2D eigenvalue weighted by Crippen LogP contribution is -2.45. The maximum Gasteiger partial charge on any atom is 0.317 e. The number of benzene rings is 2. The molecule has 5 nitrogen and oxygen atoms in total. The van der Waals surface area contributed by atoms with Crippen molar-refractivity contribution in [1.82, 2.24) is 15.5 Å². The van der Waals surface area contributed by atoms with Gasteiger partial charge in [-0.15, -0.1) is 0 Å². The fraction of sp³-hybridized carbons (Fsp3) is 0.417. The summed E-state index contributed by atoms with van der Waals surface area (Å²) >= 11 is 0. The molecule has 2 aromatic carbocycles. The molecule has 2 aromatic rings. The standard InChI is InChI=1S/C24H30FN3O2/c25-22-9-6-21(7-10-22)18-27-23(29)11-8-20-13-16-28(17-14-20)24(30)26-15-12-19-4-2-1-3-5-19/h1-7,9-10,20H,8,11-18H2,(H,26,30)(H,27,29). The predicted molar refractivity (Wildman–Crippen MR) is 115 cm³/mol. The van der Waals surface area contributed by atoms with E-state index in [0.717, 1.165) is 44.3 Å². The summed E-state index contributed by atoms with van der Waals surface area (Å²) in [5, 5.41) is 5.89. The van der Waals surface area contributed by atoms with E-state index in [-0.39, 0.29) is 17.8 Å².